The lowest BCUT2D eigenvalue weighted by atomic mass is 10.2. The highest BCUT2D eigenvalue weighted by Crippen LogP contribution is 2.28. The normalized spacial score (nSPS) is 10.4. The third-order valence-corrected chi connectivity index (χ3v) is 4.06. The fourth-order valence-corrected chi connectivity index (χ4v) is 2.79. The SMILES string of the molecule is CC(C)NC(=O)NC(=O)COC(=O)c1ccc(-c2ccc(F)cc2)s1. The average molecular weight is 364 g/mol. The van der Waals surface area contributed by atoms with E-state index >= 15 is 0 Å². The van der Waals surface area contributed by atoms with Crippen LogP contribution in [0.5, 0.6) is 0 Å². The van der Waals surface area contributed by atoms with Crippen molar-refractivity contribution in [2.45, 2.75) is 19.9 Å². The van der Waals surface area contributed by atoms with Gasteiger partial charge in [0.1, 0.15) is 10.7 Å². The van der Waals surface area contributed by atoms with Gasteiger partial charge in [-0.1, -0.05) is 12.1 Å². The molecule has 1 aromatic carbocycles. The van der Waals surface area contributed by atoms with Crippen LogP contribution in [0.1, 0.15) is 23.5 Å². The summed E-state index contributed by atoms with van der Waals surface area (Å²) in [6.45, 7) is 2.94. The van der Waals surface area contributed by atoms with E-state index in [2.05, 4.69) is 10.6 Å². The second-order valence-electron chi connectivity index (χ2n) is 5.42. The van der Waals surface area contributed by atoms with E-state index in [9.17, 15) is 18.8 Å². The molecule has 0 aliphatic carbocycles. The highest BCUT2D eigenvalue weighted by Gasteiger charge is 2.15. The summed E-state index contributed by atoms with van der Waals surface area (Å²) in [5.74, 6) is -1.73. The van der Waals surface area contributed by atoms with Gasteiger partial charge in [0.15, 0.2) is 6.61 Å². The van der Waals surface area contributed by atoms with Crippen molar-refractivity contribution in [3.05, 3.63) is 47.1 Å². The molecular formula is C17H17FN2O4S. The van der Waals surface area contributed by atoms with Crippen molar-refractivity contribution in [1.29, 1.82) is 0 Å². The lowest BCUT2D eigenvalue weighted by Gasteiger charge is -2.09. The summed E-state index contributed by atoms with van der Waals surface area (Å²) in [5, 5.41) is 4.54. The Morgan fingerprint density at radius 2 is 1.80 bits per heavy atom. The third-order valence-electron chi connectivity index (χ3n) is 2.94. The molecule has 6 nitrogen and oxygen atoms in total. The van der Waals surface area contributed by atoms with Crippen LogP contribution in [0, 0.1) is 5.82 Å². The summed E-state index contributed by atoms with van der Waals surface area (Å²) in [7, 11) is 0. The van der Waals surface area contributed by atoms with Gasteiger partial charge in [-0.15, -0.1) is 11.3 Å². The molecule has 1 aromatic heterocycles. The number of hydrogen-bond acceptors (Lipinski definition) is 5. The Morgan fingerprint density at radius 1 is 1.12 bits per heavy atom. The molecule has 8 heteroatoms. The Hall–Kier alpha value is -2.74. The first-order valence-electron chi connectivity index (χ1n) is 7.48. The number of nitrogens with one attached hydrogen (secondary N) is 2. The molecule has 0 saturated carbocycles. The molecule has 0 fully saturated rings. The topological polar surface area (TPSA) is 84.5 Å². The van der Waals surface area contributed by atoms with Crippen molar-refractivity contribution in [2.75, 3.05) is 6.61 Å². The molecule has 0 aliphatic rings. The maximum atomic E-state index is 12.9. The smallest absolute Gasteiger partial charge is 0.348 e. The third kappa shape index (κ3) is 5.68. The lowest BCUT2D eigenvalue weighted by molar-refractivity contribution is -0.123. The Kier molecular flexibility index (Phi) is 6.24. The van der Waals surface area contributed by atoms with Gasteiger partial charge in [-0.2, -0.15) is 0 Å². The van der Waals surface area contributed by atoms with E-state index < -0.39 is 24.5 Å². The molecule has 0 saturated heterocycles. The molecule has 2 aromatic rings. The number of thiophene rings is 1. The number of amides is 3. The monoisotopic (exact) mass is 364 g/mol. The average Bonchev–Trinajstić information content (AvgIpc) is 3.02. The van der Waals surface area contributed by atoms with Gasteiger partial charge < -0.3 is 10.1 Å². The van der Waals surface area contributed by atoms with E-state index in [1.54, 1.807) is 38.1 Å². The van der Waals surface area contributed by atoms with E-state index in [1.807, 2.05) is 0 Å². The summed E-state index contributed by atoms with van der Waals surface area (Å²) in [6, 6.07) is 8.39. The number of imide groups is 1. The standard InChI is InChI=1S/C17H17FN2O4S/c1-10(2)19-17(23)20-15(21)9-24-16(22)14-8-7-13(25-14)11-3-5-12(18)6-4-11/h3-8,10H,9H2,1-2H3,(H2,19,20,21,23). The van der Waals surface area contributed by atoms with Crippen molar-refractivity contribution in [2.24, 2.45) is 0 Å². The van der Waals surface area contributed by atoms with Crippen LogP contribution < -0.4 is 10.6 Å². The Morgan fingerprint density at radius 3 is 2.44 bits per heavy atom. The van der Waals surface area contributed by atoms with Crippen molar-refractivity contribution in [3.8, 4) is 10.4 Å². The fraction of sp³-hybridized carbons (Fsp3) is 0.235. The van der Waals surface area contributed by atoms with Crippen LogP contribution in [0.25, 0.3) is 10.4 Å². The molecule has 0 bridgehead atoms. The summed E-state index contributed by atoms with van der Waals surface area (Å²) in [5.41, 5.74) is 0.772. The van der Waals surface area contributed by atoms with Gasteiger partial charge in [0.2, 0.25) is 0 Å². The molecule has 1 heterocycles. The van der Waals surface area contributed by atoms with Crippen LogP contribution in [0.4, 0.5) is 9.18 Å². The minimum absolute atomic E-state index is 0.119. The highest BCUT2D eigenvalue weighted by atomic mass is 32.1. The molecule has 2 N–H and O–H groups in total. The number of esters is 1. The van der Waals surface area contributed by atoms with Gasteiger partial charge in [-0.25, -0.2) is 14.0 Å². The van der Waals surface area contributed by atoms with E-state index in [-0.39, 0.29) is 11.9 Å². The number of hydrogen-bond donors (Lipinski definition) is 2. The molecule has 0 spiro atoms. The minimum atomic E-state index is -0.721. The van der Waals surface area contributed by atoms with E-state index in [4.69, 9.17) is 4.74 Å². The predicted molar refractivity (Wildman–Crippen MR) is 91.8 cm³/mol. The van der Waals surface area contributed by atoms with E-state index in [1.165, 1.54) is 23.5 Å². The number of urea groups is 1. The van der Waals surface area contributed by atoms with E-state index in [0.29, 0.717) is 4.88 Å². The highest BCUT2D eigenvalue weighted by molar-refractivity contribution is 7.17. The lowest BCUT2D eigenvalue weighted by Crippen LogP contribution is -2.44. The molecular weight excluding hydrogens is 347 g/mol. The quantitative estimate of drug-likeness (QED) is 0.799. The number of ether oxygens (including phenoxy) is 1. The first-order valence-corrected chi connectivity index (χ1v) is 8.30. The van der Waals surface area contributed by atoms with Crippen LogP contribution in [-0.2, 0) is 9.53 Å². The van der Waals surface area contributed by atoms with Gasteiger partial charge >= 0.3 is 12.0 Å². The Labute approximate surface area is 148 Å². The molecule has 132 valence electrons. The number of halogens is 1. The maximum Gasteiger partial charge on any atom is 0.348 e. The number of carbonyl (C=O) groups is 3. The van der Waals surface area contributed by atoms with Gasteiger partial charge in [0.05, 0.1) is 0 Å². The molecule has 2 rings (SSSR count). The zero-order chi connectivity index (χ0) is 18.4. The minimum Gasteiger partial charge on any atom is -0.451 e. The second-order valence-corrected chi connectivity index (χ2v) is 6.51. The predicted octanol–water partition coefficient (Wildman–Crippen LogP) is 2.95. The molecule has 0 aliphatic heterocycles. The molecule has 3 amide bonds. The summed E-state index contributed by atoms with van der Waals surface area (Å²) in [4.78, 5) is 35.9. The zero-order valence-electron chi connectivity index (χ0n) is 13.7. The number of benzene rings is 1. The van der Waals surface area contributed by atoms with Crippen molar-refractivity contribution in [3.63, 3.8) is 0 Å². The molecule has 0 atom stereocenters. The largest absolute Gasteiger partial charge is 0.451 e. The first-order chi connectivity index (χ1) is 11.8. The number of rotatable bonds is 5. The molecule has 25 heavy (non-hydrogen) atoms. The van der Waals surface area contributed by atoms with Crippen molar-refractivity contribution >= 4 is 29.2 Å². The van der Waals surface area contributed by atoms with Gasteiger partial charge in [0, 0.05) is 10.9 Å². The van der Waals surface area contributed by atoms with Crippen LogP contribution >= 0.6 is 11.3 Å². The zero-order valence-corrected chi connectivity index (χ0v) is 14.5. The Balaban J connectivity index is 1.88. The summed E-state index contributed by atoms with van der Waals surface area (Å²) < 4.78 is 17.8. The summed E-state index contributed by atoms with van der Waals surface area (Å²) in [6.07, 6.45) is 0. The molecule has 0 unspecified atom stereocenters. The Bertz CT molecular complexity index is 771. The first kappa shape index (κ1) is 18.6. The fourth-order valence-electron chi connectivity index (χ4n) is 1.88. The van der Waals surface area contributed by atoms with Gasteiger partial charge in [-0.05, 0) is 43.7 Å². The van der Waals surface area contributed by atoms with Gasteiger partial charge in [0.25, 0.3) is 5.91 Å². The maximum absolute atomic E-state index is 12.9. The van der Waals surface area contributed by atoms with Crippen LogP contribution in [-0.4, -0.2) is 30.6 Å². The van der Waals surface area contributed by atoms with E-state index in [0.717, 1.165) is 10.4 Å². The summed E-state index contributed by atoms with van der Waals surface area (Å²) >= 11 is 1.17. The molecule has 0 radical (unpaired) electrons. The van der Waals surface area contributed by atoms with Gasteiger partial charge in [-0.3, -0.25) is 10.1 Å². The van der Waals surface area contributed by atoms with Crippen LogP contribution in [0.15, 0.2) is 36.4 Å². The number of carbonyl (C=O) groups excluding carboxylic acids is 3. The van der Waals surface area contributed by atoms with Crippen molar-refractivity contribution in [1.82, 2.24) is 10.6 Å². The van der Waals surface area contributed by atoms with Crippen molar-refractivity contribution < 1.29 is 23.5 Å². The van der Waals surface area contributed by atoms with Crippen LogP contribution in [0.3, 0.4) is 0 Å². The van der Waals surface area contributed by atoms with Crippen LogP contribution in [0.2, 0.25) is 0 Å². The second kappa shape index (κ2) is 8.39.